The van der Waals surface area contributed by atoms with E-state index >= 15 is 0 Å². The van der Waals surface area contributed by atoms with E-state index in [1.807, 2.05) is 6.07 Å². The molecule has 3 aliphatic heterocycles. The Kier molecular flexibility index (Phi) is 7.03. The summed E-state index contributed by atoms with van der Waals surface area (Å²) in [5.41, 5.74) is 8.71. The van der Waals surface area contributed by atoms with E-state index in [-0.39, 0.29) is 36.0 Å². The summed E-state index contributed by atoms with van der Waals surface area (Å²) in [5.74, 6) is -0.0459. The molecule has 0 saturated carbocycles. The number of piperazine rings is 1. The number of fused-ring (bicyclic) bond motifs is 3. The van der Waals surface area contributed by atoms with Crippen molar-refractivity contribution in [2.24, 2.45) is 5.73 Å². The minimum Gasteiger partial charge on any atom is -0.330 e. The number of likely N-dealkylation sites (tertiary alicyclic amines) is 3. The van der Waals surface area contributed by atoms with Crippen LogP contribution in [-0.2, 0) is 25.3 Å². The van der Waals surface area contributed by atoms with Crippen LogP contribution in [0.15, 0.2) is 23.1 Å². The number of amides is 2. The number of carbonyl (C=O) groups excluding carboxylic acids is 2. The summed E-state index contributed by atoms with van der Waals surface area (Å²) in [5, 5.41) is 10.8. The summed E-state index contributed by atoms with van der Waals surface area (Å²) in [6.45, 7) is 1.67. The topological polar surface area (TPSA) is 115 Å². The monoisotopic (exact) mass is 500 g/mol. The highest BCUT2D eigenvalue weighted by atomic mass is 32.2. The number of nitriles is 1. The SMILES string of the molecule is CN(C)OOSc1ccc2c(c1)CC[C@H]2N1C(=O)[C@H]2C[C@@H]1CN2C[C@H](N)C(=O)N1CCC[C@H]1C#N. The summed E-state index contributed by atoms with van der Waals surface area (Å²) in [6, 6.07) is 7.32. The highest BCUT2D eigenvalue weighted by Crippen LogP contribution is 2.44. The van der Waals surface area contributed by atoms with Gasteiger partial charge >= 0.3 is 0 Å². The molecule has 3 fully saturated rings. The van der Waals surface area contributed by atoms with Crippen molar-refractivity contribution >= 4 is 23.9 Å². The van der Waals surface area contributed by atoms with Crippen LogP contribution in [0.4, 0.5) is 0 Å². The van der Waals surface area contributed by atoms with Crippen LogP contribution in [0.25, 0.3) is 0 Å². The zero-order valence-corrected chi connectivity index (χ0v) is 20.9. The molecule has 1 aliphatic carbocycles. The molecule has 35 heavy (non-hydrogen) atoms. The molecule has 1 aromatic carbocycles. The van der Waals surface area contributed by atoms with Crippen LogP contribution in [-0.4, -0.2) is 89.5 Å². The van der Waals surface area contributed by atoms with E-state index < -0.39 is 6.04 Å². The third kappa shape index (κ3) is 4.67. The second-order valence-corrected chi connectivity index (χ2v) is 10.8. The van der Waals surface area contributed by atoms with Gasteiger partial charge < -0.3 is 15.5 Å². The number of nitrogens with zero attached hydrogens (tertiary/aromatic N) is 5. The lowest BCUT2D eigenvalue weighted by Gasteiger charge is -2.38. The predicted octanol–water partition coefficient (Wildman–Crippen LogP) is 1.23. The first kappa shape index (κ1) is 24.5. The molecule has 0 aromatic heterocycles. The molecule has 1 aromatic rings. The maximum absolute atomic E-state index is 13.4. The Hall–Kier alpha value is -2.20. The first-order chi connectivity index (χ1) is 16.9. The van der Waals surface area contributed by atoms with Gasteiger partial charge in [0.05, 0.1) is 36.2 Å². The minimum absolute atomic E-state index is 0.0870. The normalized spacial score (nSPS) is 28.7. The maximum Gasteiger partial charge on any atom is 0.241 e. The zero-order valence-electron chi connectivity index (χ0n) is 20.1. The fraction of sp³-hybridized carbons (Fsp3) is 0.625. The Labute approximate surface area is 210 Å². The lowest BCUT2D eigenvalue weighted by atomic mass is 10.1. The van der Waals surface area contributed by atoms with Crippen LogP contribution in [0.3, 0.4) is 0 Å². The Balaban J connectivity index is 1.20. The minimum atomic E-state index is -0.716. The first-order valence-corrected chi connectivity index (χ1v) is 12.9. The summed E-state index contributed by atoms with van der Waals surface area (Å²) >= 11 is 1.17. The van der Waals surface area contributed by atoms with Gasteiger partial charge in [0, 0.05) is 44.7 Å². The van der Waals surface area contributed by atoms with E-state index in [0.717, 1.165) is 37.1 Å². The second-order valence-electron chi connectivity index (χ2n) is 9.98. The number of carbonyl (C=O) groups is 2. The Bertz CT molecular complexity index is 1030. The molecule has 2 N–H and O–H groups in total. The van der Waals surface area contributed by atoms with Gasteiger partial charge in [-0.05, 0) is 55.4 Å². The molecule has 188 valence electrons. The van der Waals surface area contributed by atoms with Crippen LogP contribution in [0, 0.1) is 11.3 Å². The lowest BCUT2D eigenvalue weighted by Crippen LogP contribution is -2.56. The molecule has 3 saturated heterocycles. The third-order valence-electron chi connectivity index (χ3n) is 7.55. The van der Waals surface area contributed by atoms with Crippen molar-refractivity contribution in [3.8, 4) is 6.07 Å². The summed E-state index contributed by atoms with van der Waals surface area (Å²) in [6.07, 6.45) is 4.15. The van der Waals surface area contributed by atoms with E-state index in [9.17, 15) is 14.9 Å². The molecular formula is C24H32N6O4S. The largest absolute Gasteiger partial charge is 0.330 e. The quantitative estimate of drug-likeness (QED) is 0.320. The van der Waals surface area contributed by atoms with E-state index in [2.05, 4.69) is 28.0 Å². The maximum atomic E-state index is 13.4. The van der Waals surface area contributed by atoms with Crippen LogP contribution < -0.4 is 5.73 Å². The Morgan fingerprint density at radius 1 is 1.34 bits per heavy atom. The van der Waals surface area contributed by atoms with Gasteiger partial charge in [0.25, 0.3) is 0 Å². The van der Waals surface area contributed by atoms with Crippen molar-refractivity contribution in [2.75, 3.05) is 33.7 Å². The predicted molar refractivity (Wildman–Crippen MR) is 128 cm³/mol. The van der Waals surface area contributed by atoms with Crippen molar-refractivity contribution in [3.63, 3.8) is 0 Å². The number of hydroxylamine groups is 2. The van der Waals surface area contributed by atoms with Crippen molar-refractivity contribution in [1.29, 1.82) is 5.26 Å². The highest BCUT2D eigenvalue weighted by Gasteiger charge is 2.53. The molecule has 3 heterocycles. The molecule has 0 radical (unpaired) electrons. The molecule has 10 nitrogen and oxygen atoms in total. The Morgan fingerprint density at radius 3 is 2.91 bits per heavy atom. The Morgan fingerprint density at radius 2 is 2.17 bits per heavy atom. The number of benzene rings is 1. The van der Waals surface area contributed by atoms with Crippen LogP contribution in [0.5, 0.6) is 0 Å². The van der Waals surface area contributed by atoms with Crippen LogP contribution in [0.2, 0.25) is 0 Å². The number of rotatable bonds is 8. The molecule has 5 rings (SSSR count). The molecule has 0 unspecified atom stereocenters. The summed E-state index contributed by atoms with van der Waals surface area (Å²) in [7, 11) is 3.50. The summed E-state index contributed by atoms with van der Waals surface area (Å²) in [4.78, 5) is 38.0. The van der Waals surface area contributed by atoms with Crippen molar-refractivity contribution in [3.05, 3.63) is 29.3 Å². The average Bonchev–Trinajstić information content (AvgIpc) is 3.61. The molecule has 5 atom stereocenters. The van der Waals surface area contributed by atoms with Gasteiger partial charge in [-0.3, -0.25) is 14.5 Å². The molecule has 0 spiro atoms. The average molecular weight is 501 g/mol. The second kappa shape index (κ2) is 10.0. The van der Waals surface area contributed by atoms with Crippen molar-refractivity contribution in [1.82, 2.24) is 19.8 Å². The zero-order chi connectivity index (χ0) is 24.7. The molecule has 11 heteroatoms. The van der Waals surface area contributed by atoms with Gasteiger partial charge in [-0.25, -0.2) is 0 Å². The van der Waals surface area contributed by atoms with Crippen LogP contribution >= 0.6 is 12.0 Å². The molecule has 2 bridgehead atoms. The number of hydrogen-bond donors (Lipinski definition) is 1. The highest BCUT2D eigenvalue weighted by molar-refractivity contribution is 7.94. The van der Waals surface area contributed by atoms with E-state index in [4.69, 9.17) is 15.1 Å². The van der Waals surface area contributed by atoms with Crippen molar-refractivity contribution in [2.45, 2.75) is 67.2 Å². The standard InChI is InChI=1S/C24H32N6O4S/c1-27(2)33-34-35-18-6-7-19-15(10-18)5-8-21(19)30-17-11-22(24(30)32)28(13-17)14-20(26)23(31)29-9-3-4-16(29)12-25/h6-7,10,16-17,20-22H,3-5,8-9,11,13-14,26H2,1-2H3/t16-,17+,20-,21+,22+/m0/s1. The molecule has 2 amide bonds. The fourth-order valence-corrected chi connectivity index (χ4v) is 6.58. The first-order valence-electron chi connectivity index (χ1n) is 12.2. The lowest BCUT2D eigenvalue weighted by molar-refractivity contribution is -0.340. The van der Waals surface area contributed by atoms with Gasteiger partial charge in [0.15, 0.2) is 0 Å². The number of hydrogen-bond acceptors (Lipinski definition) is 9. The van der Waals surface area contributed by atoms with E-state index in [1.165, 1.54) is 28.2 Å². The summed E-state index contributed by atoms with van der Waals surface area (Å²) < 4.78 is 5.15. The number of nitrogens with two attached hydrogens (primary N) is 1. The van der Waals surface area contributed by atoms with Crippen molar-refractivity contribution < 1.29 is 18.9 Å². The van der Waals surface area contributed by atoms with Gasteiger partial charge in [-0.15, -0.1) is 9.32 Å². The van der Waals surface area contributed by atoms with E-state index in [1.54, 1.807) is 19.0 Å². The van der Waals surface area contributed by atoms with Gasteiger partial charge in [-0.2, -0.15) is 10.3 Å². The fourth-order valence-electron chi connectivity index (χ4n) is 6.04. The molecule has 4 aliphatic rings. The van der Waals surface area contributed by atoms with Crippen LogP contribution in [0.1, 0.15) is 42.9 Å². The van der Waals surface area contributed by atoms with Gasteiger partial charge in [0.2, 0.25) is 11.8 Å². The smallest absolute Gasteiger partial charge is 0.241 e. The van der Waals surface area contributed by atoms with E-state index in [0.29, 0.717) is 19.5 Å². The number of aryl methyl sites for hydroxylation is 1. The third-order valence-corrected chi connectivity index (χ3v) is 8.13. The molecular weight excluding hydrogens is 468 g/mol. The van der Waals surface area contributed by atoms with Gasteiger partial charge in [-0.1, -0.05) is 6.07 Å². The van der Waals surface area contributed by atoms with Gasteiger partial charge in [0.1, 0.15) is 6.04 Å².